The van der Waals surface area contributed by atoms with Crippen LogP contribution in [0, 0.1) is 6.92 Å². The monoisotopic (exact) mass is 268 g/mol. The Labute approximate surface area is 119 Å². The first-order valence-corrected chi connectivity index (χ1v) is 7.54. The molecule has 0 spiro atoms. The Bertz CT molecular complexity index is 623. The van der Waals surface area contributed by atoms with Crippen LogP contribution in [-0.4, -0.2) is 20.8 Å². The van der Waals surface area contributed by atoms with Gasteiger partial charge in [-0.05, 0) is 44.7 Å². The maximum atomic E-state index is 4.75. The fraction of sp³-hybridized carbons (Fsp3) is 0.500. The largest absolute Gasteiger partial charge is 0.310 e. The average Bonchev–Trinajstić information content (AvgIpc) is 3.37. The van der Waals surface area contributed by atoms with Crippen LogP contribution in [0.25, 0.3) is 5.69 Å². The number of rotatable bonds is 5. The van der Waals surface area contributed by atoms with E-state index in [0.717, 1.165) is 17.9 Å². The summed E-state index contributed by atoms with van der Waals surface area (Å²) in [5.41, 5.74) is 4.67. The summed E-state index contributed by atoms with van der Waals surface area (Å²) in [6.07, 6.45) is 9.27. The van der Waals surface area contributed by atoms with Gasteiger partial charge in [-0.15, -0.1) is 0 Å². The summed E-state index contributed by atoms with van der Waals surface area (Å²) in [5, 5.41) is 8.31. The van der Waals surface area contributed by atoms with Gasteiger partial charge < -0.3 is 5.32 Å². The highest BCUT2D eigenvalue weighted by atomic mass is 15.3. The van der Waals surface area contributed by atoms with Crippen molar-refractivity contribution in [3.05, 3.63) is 41.5 Å². The Morgan fingerprint density at radius 2 is 2.15 bits per heavy atom. The second-order valence-corrected chi connectivity index (χ2v) is 6.07. The zero-order chi connectivity index (χ0) is 13.5. The number of hydrogen-bond acceptors (Lipinski definition) is 3. The van der Waals surface area contributed by atoms with Crippen molar-refractivity contribution in [2.45, 2.75) is 51.1 Å². The molecule has 2 fully saturated rings. The van der Waals surface area contributed by atoms with E-state index in [1.54, 1.807) is 0 Å². The fourth-order valence-corrected chi connectivity index (χ4v) is 2.53. The number of pyridine rings is 1. The highest BCUT2D eigenvalue weighted by Gasteiger charge is 2.26. The first kappa shape index (κ1) is 12.1. The van der Waals surface area contributed by atoms with Crippen molar-refractivity contribution in [3.63, 3.8) is 0 Å². The van der Waals surface area contributed by atoms with Gasteiger partial charge in [0.15, 0.2) is 0 Å². The molecule has 2 aliphatic rings. The van der Waals surface area contributed by atoms with Crippen LogP contribution >= 0.6 is 0 Å². The van der Waals surface area contributed by atoms with Crippen molar-refractivity contribution in [3.8, 4) is 5.69 Å². The summed E-state index contributed by atoms with van der Waals surface area (Å²) in [4.78, 5) is 4.44. The fourth-order valence-electron chi connectivity index (χ4n) is 2.53. The molecule has 0 atom stereocenters. The second-order valence-electron chi connectivity index (χ2n) is 6.07. The van der Waals surface area contributed by atoms with Gasteiger partial charge in [-0.1, -0.05) is 0 Å². The molecule has 0 unspecified atom stereocenters. The van der Waals surface area contributed by atoms with Gasteiger partial charge in [0, 0.05) is 42.2 Å². The van der Waals surface area contributed by atoms with Gasteiger partial charge >= 0.3 is 0 Å². The predicted molar refractivity (Wildman–Crippen MR) is 77.9 cm³/mol. The minimum atomic E-state index is 0.701. The Morgan fingerprint density at radius 3 is 2.90 bits per heavy atom. The maximum Gasteiger partial charge on any atom is 0.0724 e. The Morgan fingerprint density at radius 1 is 1.30 bits per heavy atom. The van der Waals surface area contributed by atoms with Gasteiger partial charge in [-0.25, -0.2) is 4.68 Å². The first-order valence-electron chi connectivity index (χ1n) is 7.54. The maximum absolute atomic E-state index is 4.75. The van der Waals surface area contributed by atoms with Gasteiger partial charge in [0.25, 0.3) is 0 Å². The van der Waals surface area contributed by atoms with E-state index >= 15 is 0 Å². The van der Waals surface area contributed by atoms with Gasteiger partial charge in [0.05, 0.1) is 11.4 Å². The molecular weight excluding hydrogens is 248 g/mol. The van der Waals surface area contributed by atoms with Crippen LogP contribution in [0.2, 0.25) is 0 Å². The predicted octanol–water partition coefficient (Wildman–Crippen LogP) is 2.71. The molecule has 0 radical (unpaired) electrons. The molecule has 2 saturated carbocycles. The number of nitrogens with one attached hydrogen (secondary N) is 1. The van der Waals surface area contributed by atoms with E-state index in [0.29, 0.717) is 12.0 Å². The lowest BCUT2D eigenvalue weighted by Gasteiger charge is -2.11. The minimum Gasteiger partial charge on any atom is -0.310 e. The van der Waals surface area contributed by atoms with Crippen molar-refractivity contribution >= 4 is 0 Å². The molecular formula is C16H20N4. The van der Waals surface area contributed by atoms with E-state index in [4.69, 9.17) is 5.10 Å². The lowest BCUT2D eigenvalue weighted by atomic mass is 10.2. The van der Waals surface area contributed by atoms with E-state index in [-0.39, 0.29) is 0 Å². The molecule has 20 heavy (non-hydrogen) atoms. The third kappa shape index (κ3) is 2.48. The molecule has 0 aromatic carbocycles. The van der Waals surface area contributed by atoms with E-state index in [9.17, 15) is 0 Å². The van der Waals surface area contributed by atoms with E-state index < -0.39 is 0 Å². The number of aromatic nitrogens is 3. The molecule has 1 N–H and O–H groups in total. The molecule has 4 heteroatoms. The smallest absolute Gasteiger partial charge is 0.0724 e. The molecule has 4 nitrogen and oxygen atoms in total. The lowest BCUT2D eigenvalue weighted by molar-refractivity contribution is 0.677. The Hall–Kier alpha value is -1.68. The zero-order valence-corrected chi connectivity index (χ0v) is 11.8. The third-order valence-electron chi connectivity index (χ3n) is 4.11. The zero-order valence-electron chi connectivity index (χ0n) is 11.8. The standard InChI is InChI=1S/C16H20N4/c1-11-8-16(13(9-17-11)10-18-14-4-5-14)20-7-6-15(19-20)12-2-3-12/h6-9,12,14,18H,2-5,10H2,1H3. The van der Waals surface area contributed by atoms with Gasteiger partial charge in [0.1, 0.15) is 0 Å². The summed E-state index contributed by atoms with van der Waals surface area (Å²) < 4.78 is 2.02. The second kappa shape index (κ2) is 4.70. The quantitative estimate of drug-likeness (QED) is 0.906. The normalized spacial score (nSPS) is 18.4. The molecule has 0 amide bonds. The molecule has 4 rings (SSSR count). The first-order chi connectivity index (χ1) is 9.79. The molecule has 0 saturated heterocycles. The molecule has 2 aromatic rings. The van der Waals surface area contributed by atoms with Gasteiger partial charge in [-0.2, -0.15) is 5.10 Å². The van der Waals surface area contributed by atoms with Crippen molar-refractivity contribution in [1.82, 2.24) is 20.1 Å². The Kier molecular flexibility index (Phi) is 2.84. The highest BCUT2D eigenvalue weighted by molar-refractivity contribution is 5.40. The minimum absolute atomic E-state index is 0.701. The van der Waals surface area contributed by atoms with Crippen LogP contribution in [0.5, 0.6) is 0 Å². The SMILES string of the molecule is Cc1cc(-n2ccc(C3CC3)n2)c(CNC2CC2)cn1. The number of nitrogens with zero attached hydrogens (tertiary/aromatic N) is 3. The summed E-state index contributed by atoms with van der Waals surface area (Å²) >= 11 is 0. The lowest BCUT2D eigenvalue weighted by Crippen LogP contribution is -2.17. The summed E-state index contributed by atoms with van der Waals surface area (Å²) in [5.74, 6) is 0.701. The molecule has 2 heterocycles. The van der Waals surface area contributed by atoms with Crippen LogP contribution < -0.4 is 5.32 Å². The highest BCUT2D eigenvalue weighted by Crippen LogP contribution is 2.39. The van der Waals surface area contributed by atoms with E-state index in [2.05, 4.69) is 28.6 Å². The topological polar surface area (TPSA) is 42.7 Å². The van der Waals surface area contributed by atoms with Gasteiger partial charge in [0.2, 0.25) is 0 Å². The number of aryl methyl sites for hydroxylation is 1. The van der Waals surface area contributed by atoms with Crippen LogP contribution in [0.3, 0.4) is 0 Å². The van der Waals surface area contributed by atoms with Gasteiger partial charge in [-0.3, -0.25) is 4.98 Å². The van der Waals surface area contributed by atoms with Crippen LogP contribution in [0.15, 0.2) is 24.5 Å². The molecule has 2 aliphatic carbocycles. The van der Waals surface area contributed by atoms with E-state index in [1.165, 1.54) is 36.9 Å². The van der Waals surface area contributed by atoms with Crippen molar-refractivity contribution in [2.24, 2.45) is 0 Å². The molecule has 2 aromatic heterocycles. The summed E-state index contributed by atoms with van der Waals surface area (Å²) in [6, 6.07) is 5.00. The van der Waals surface area contributed by atoms with Crippen molar-refractivity contribution in [1.29, 1.82) is 0 Å². The van der Waals surface area contributed by atoms with Crippen molar-refractivity contribution in [2.75, 3.05) is 0 Å². The molecule has 0 aliphatic heterocycles. The molecule has 104 valence electrons. The van der Waals surface area contributed by atoms with Crippen LogP contribution in [-0.2, 0) is 6.54 Å². The summed E-state index contributed by atoms with van der Waals surface area (Å²) in [6.45, 7) is 2.92. The van der Waals surface area contributed by atoms with Crippen LogP contribution in [0.4, 0.5) is 0 Å². The molecule has 0 bridgehead atoms. The number of hydrogen-bond donors (Lipinski definition) is 1. The van der Waals surface area contributed by atoms with Crippen molar-refractivity contribution < 1.29 is 0 Å². The van der Waals surface area contributed by atoms with Crippen LogP contribution in [0.1, 0.15) is 48.6 Å². The summed E-state index contributed by atoms with van der Waals surface area (Å²) in [7, 11) is 0. The average molecular weight is 268 g/mol. The Balaban J connectivity index is 1.63. The van der Waals surface area contributed by atoms with E-state index in [1.807, 2.05) is 17.8 Å². The third-order valence-corrected chi connectivity index (χ3v) is 4.11.